The van der Waals surface area contributed by atoms with Crippen LogP contribution in [-0.2, 0) is 26.6 Å². The minimum Gasteiger partial charge on any atom is -0.357 e. The third kappa shape index (κ3) is 5.10. The molecule has 0 radical (unpaired) electrons. The Kier molecular flexibility index (Phi) is 7.03. The Bertz CT molecular complexity index is 781. The summed E-state index contributed by atoms with van der Waals surface area (Å²) >= 11 is 0. The topological polar surface area (TPSA) is 70.4 Å². The first-order valence-corrected chi connectivity index (χ1v) is 10.2. The summed E-state index contributed by atoms with van der Waals surface area (Å²) in [4.78, 5) is 11.5. The number of aliphatic imine (C=N–C) groups is 1. The van der Waals surface area contributed by atoms with Crippen LogP contribution in [0.15, 0.2) is 35.6 Å². The average Bonchev–Trinajstić information content (AvgIpc) is 3.10. The molecule has 0 saturated carbocycles. The van der Waals surface area contributed by atoms with E-state index in [2.05, 4.69) is 75.6 Å². The third-order valence-electron chi connectivity index (χ3n) is 5.41. The number of hydrogen-bond acceptors (Lipinski definition) is 4. The molecule has 0 fully saturated rings. The second-order valence-corrected chi connectivity index (χ2v) is 7.68. The van der Waals surface area contributed by atoms with E-state index in [0.29, 0.717) is 18.5 Å². The summed E-state index contributed by atoms with van der Waals surface area (Å²) < 4.78 is 1.76. The number of fused-ring (bicyclic) bond motifs is 1. The van der Waals surface area contributed by atoms with Gasteiger partial charge in [0.15, 0.2) is 5.96 Å². The first-order chi connectivity index (χ1) is 13.6. The highest BCUT2D eigenvalue weighted by atomic mass is 15.3. The van der Waals surface area contributed by atoms with E-state index in [4.69, 9.17) is 0 Å². The van der Waals surface area contributed by atoms with E-state index in [1.807, 2.05) is 7.05 Å². The summed E-state index contributed by atoms with van der Waals surface area (Å²) in [5.74, 6) is 2.23. The number of aryl methyl sites for hydroxylation is 1. The van der Waals surface area contributed by atoms with Crippen LogP contribution in [0.2, 0.25) is 0 Å². The van der Waals surface area contributed by atoms with Crippen molar-refractivity contribution < 1.29 is 0 Å². The molecule has 1 aromatic heterocycles. The van der Waals surface area contributed by atoms with Crippen LogP contribution in [-0.4, -0.2) is 51.3 Å². The van der Waals surface area contributed by atoms with Crippen LogP contribution in [0.3, 0.4) is 0 Å². The van der Waals surface area contributed by atoms with Gasteiger partial charge in [-0.3, -0.25) is 9.58 Å². The lowest BCUT2D eigenvalue weighted by atomic mass is 9.95. The van der Waals surface area contributed by atoms with Gasteiger partial charge in [0.1, 0.15) is 18.7 Å². The van der Waals surface area contributed by atoms with Gasteiger partial charge in [-0.15, -0.1) is 0 Å². The van der Waals surface area contributed by atoms with Crippen LogP contribution in [0.4, 0.5) is 0 Å². The summed E-state index contributed by atoms with van der Waals surface area (Å²) in [5.41, 5.74) is 2.95. The first-order valence-electron chi connectivity index (χ1n) is 10.2. The number of rotatable bonds is 7. The fourth-order valence-electron chi connectivity index (χ4n) is 3.74. The highest BCUT2D eigenvalue weighted by molar-refractivity contribution is 5.79. The normalized spacial score (nSPS) is 16.1. The zero-order valence-electron chi connectivity index (χ0n) is 17.5. The summed E-state index contributed by atoms with van der Waals surface area (Å²) in [6.45, 7) is 11.0. The summed E-state index contributed by atoms with van der Waals surface area (Å²) in [5, 5.41) is 11.0. The Labute approximate surface area is 168 Å². The Hall–Kier alpha value is -2.41. The average molecular weight is 384 g/mol. The van der Waals surface area contributed by atoms with Crippen LogP contribution in [0.1, 0.15) is 37.7 Å². The monoisotopic (exact) mass is 383 g/mol. The number of benzene rings is 1. The molecule has 0 spiro atoms. The standard InChI is InChI=1S/C21H33N7/c1-5-22-21(24-13-20-25-15-26-27(20)4)23-12-19(16(2)3)28-11-10-17-8-6-7-9-18(17)14-28/h6-9,15-16,19H,5,10-14H2,1-4H3,(H2,22,23,24). The van der Waals surface area contributed by atoms with Crippen LogP contribution >= 0.6 is 0 Å². The molecule has 152 valence electrons. The number of nitrogens with one attached hydrogen (secondary N) is 2. The molecule has 7 nitrogen and oxygen atoms in total. The van der Waals surface area contributed by atoms with Gasteiger partial charge in [0.25, 0.3) is 0 Å². The maximum atomic E-state index is 4.68. The number of guanidine groups is 1. The number of hydrogen-bond donors (Lipinski definition) is 2. The Balaban J connectivity index is 1.63. The fourth-order valence-corrected chi connectivity index (χ4v) is 3.74. The van der Waals surface area contributed by atoms with E-state index in [-0.39, 0.29) is 0 Å². The van der Waals surface area contributed by atoms with Crippen LogP contribution in [0.5, 0.6) is 0 Å². The molecule has 1 atom stereocenters. The van der Waals surface area contributed by atoms with Crippen molar-refractivity contribution >= 4 is 5.96 Å². The van der Waals surface area contributed by atoms with E-state index >= 15 is 0 Å². The van der Waals surface area contributed by atoms with Crippen molar-refractivity contribution in [2.24, 2.45) is 18.0 Å². The van der Waals surface area contributed by atoms with Crippen molar-refractivity contribution in [2.75, 3.05) is 19.6 Å². The molecule has 1 aliphatic heterocycles. The van der Waals surface area contributed by atoms with E-state index in [9.17, 15) is 0 Å². The van der Waals surface area contributed by atoms with Gasteiger partial charge in [0.2, 0.25) is 0 Å². The summed E-state index contributed by atoms with van der Waals surface area (Å²) in [7, 11) is 1.89. The maximum Gasteiger partial charge on any atom is 0.191 e. The Morgan fingerprint density at radius 2 is 2.00 bits per heavy atom. The molecule has 7 heteroatoms. The molecule has 3 rings (SSSR count). The van der Waals surface area contributed by atoms with Gasteiger partial charge in [-0.25, -0.2) is 9.98 Å². The minimum absolute atomic E-state index is 0.451. The van der Waals surface area contributed by atoms with E-state index in [1.54, 1.807) is 11.0 Å². The molecule has 1 unspecified atom stereocenters. The zero-order valence-corrected chi connectivity index (χ0v) is 17.5. The van der Waals surface area contributed by atoms with Crippen LogP contribution < -0.4 is 10.6 Å². The molecular formula is C21H33N7. The quantitative estimate of drug-likeness (QED) is 0.565. The van der Waals surface area contributed by atoms with E-state index < -0.39 is 0 Å². The molecule has 2 N–H and O–H groups in total. The molecule has 0 amide bonds. The second-order valence-electron chi connectivity index (χ2n) is 7.68. The van der Waals surface area contributed by atoms with Gasteiger partial charge in [-0.2, -0.15) is 5.10 Å². The molecular weight excluding hydrogens is 350 g/mol. The van der Waals surface area contributed by atoms with Crippen molar-refractivity contribution in [1.82, 2.24) is 30.3 Å². The van der Waals surface area contributed by atoms with E-state index in [1.165, 1.54) is 11.1 Å². The molecule has 0 bridgehead atoms. The SMILES string of the molecule is CCNC(=NCc1ncnn1C)NCC(C(C)C)N1CCc2ccccc2C1. The molecule has 0 aliphatic carbocycles. The van der Waals surface area contributed by atoms with Gasteiger partial charge in [0, 0.05) is 39.3 Å². The van der Waals surface area contributed by atoms with Crippen molar-refractivity contribution in [3.8, 4) is 0 Å². The Morgan fingerprint density at radius 1 is 1.21 bits per heavy atom. The first kappa shape index (κ1) is 20.3. The predicted molar refractivity (Wildman–Crippen MR) is 113 cm³/mol. The fraction of sp³-hybridized carbons (Fsp3) is 0.571. The largest absolute Gasteiger partial charge is 0.357 e. The van der Waals surface area contributed by atoms with Gasteiger partial charge < -0.3 is 10.6 Å². The van der Waals surface area contributed by atoms with Crippen molar-refractivity contribution in [3.05, 3.63) is 47.5 Å². The van der Waals surface area contributed by atoms with Crippen LogP contribution in [0.25, 0.3) is 0 Å². The Morgan fingerprint density at radius 3 is 2.68 bits per heavy atom. The lowest BCUT2D eigenvalue weighted by Crippen LogP contribution is -2.50. The molecule has 0 saturated heterocycles. The zero-order chi connectivity index (χ0) is 19.9. The summed E-state index contributed by atoms with van der Waals surface area (Å²) in [6, 6.07) is 9.27. The minimum atomic E-state index is 0.451. The predicted octanol–water partition coefficient (Wildman–Crippen LogP) is 1.95. The molecule has 1 aliphatic rings. The summed E-state index contributed by atoms with van der Waals surface area (Å²) in [6.07, 6.45) is 2.69. The lowest BCUT2D eigenvalue weighted by molar-refractivity contribution is 0.140. The van der Waals surface area contributed by atoms with Gasteiger partial charge in [-0.05, 0) is 30.4 Å². The maximum absolute atomic E-state index is 4.68. The van der Waals surface area contributed by atoms with Crippen LogP contribution in [0, 0.1) is 5.92 Å². The lowest BCUT2D eigenvalue weighted by Gasteiger charge is -2.38. The smallest absolute Gasteiger partial charge is 0.191 e. The van der Waals surface area contributed by atoms with Gasteiger partial charge in [-0.1, -0.05) is 38.1 Å². The number of aromatic nitrogens is 3. The second kappa shape index (κ2) is 9.68. The van der Waals surface area contributed by atoms with E-state index in [0.717, 1.165) is 44.4 Å². The molecule has 2 aromatic rings. The highest BCUT2D eigenvalue weighted by Gasteiger charge is 2.25. The highest BCUT2D eigenvalue weighted by Crippen LogP contribution is 2.22. The van der Waals surface area contributed by atoms with Crippen molar-refractivity contribution in [2.45, 2.75) is 46.3 Å². The van der Waals surface area contributed by atoms with Gasteiger partial charge in [0.05, 0.1) is 0 Å². The van der Waals surface area contributed by atoms with Crippen molar-refractivity contribution in [3.63, 3.8) is 0 Å². The van der Waals surface area contributed by atoms with Crippen molar-refractivity contribution in [1.29, 1.82) is 0 Å². The molecule has 1 aromatic carbocycles. The number of nitrogens with zero attached hydrogens (tertiary/aromatic N) is 5. The molecule has 2 heterocycles. The van der Waals surface area contributed by atoms with Gasteiger partial charge >= 0.3 is 0 Å². The third-order valence-corrected chi connectivity index (χ3v) is 5.41. The molecule has 28 heavy (non-hydrogen) atoms.